The summed E-state index contributed by atoms with van der Waals surface area (Å²) >= 11 is 0. The van der Waals surface area contributed by atoms with Gasteiger partial charge in [0.15, 0.2) is 0 Å². The van der Waals surface area contributed by atoms with Crippen molar-refractivity contribution in [3.63, 3.8) is 0 Å². The molecule has 1 fully saturated rings. The van der Waals surface area contributed by atoms with E-state index in [1.54, 1.807) is 0 Å². The predicted molar refractivity (Wildman–Crippen MR) is 66.4 cm³/mol. The number of amides is 1. The molecule has 0 aromatic heterocycles. The van der Waals surface area contributed by atoms with Crippen molar-refractivity contribution < 1.29 is 4.79 Å². The molecule has 0 saturated carbocycles. The van der Waals surface area contributed by atoms with E-state index >= 15 is 0 Å². The Morgan fingerprint density at radius 1 is 1.56 bits per heavy atom. The van der Waals surface area contributed by atoms with E-state index in [9.17, 15) is 4.79 Å². The highest BCUT2D eigenvalue weighted by Crippen LogP contribution is 2.13. The monoisotopic (exact) mass is 227 g/mol. The molecule has 0 spiro atoms. The minimum Gasteiger partial charge on any atom is -0.355 e. The molecule has 0 radical (unpaired) electrons. The summed E-state index contributed by atoms with van der Waals surface area (Å²) in [4.78, 5) is 11.8. The van der Waals surface area contributed by atoms with Gasteiger partial charge in [-0.05, 0) is 33.2 Å². The van der Waals surface area contributed by atoms with Gasteiger partial charge in [0.1, 0.15) is 0 Å². The number of hydrogen-bond acceptors (Lipinski definition) is 3. The van der Waals surface area contributed by atoms with Crippen molar-refractivity contribution in [2.75, 3.05) is 19.6 Å². The van der Waals surface area contributed by atoms with E-state index in [4.69, 9.17) is 0 Å². The molecule has 1 amide bonds. The van der Waals surface area contributed by atoms with E-state index in [0.29, 0.717) is 0 Å². The molecular formula is C12H25N3O. The second-order valence-electron chi connectivity index (χ2n) is 5.00. The molecule has 1 aliphatic rings. The van der Waals surface area contributed by atoms with Crippen molar-refractivity contribution in [1.82, 2.24) is 16.0 Å². The molecule has 0 aromatic carbocycles. The fourth-order valence-electron chi connectivity index (χ4n) is 2.07. The largest absolute Gasteiger partial charge is 0.355 e. The molecule has 0 aromatic rings. The third-order valence-corrected chi connectivity index (χ3v) is 3.16. The highest BCUT2D eigenvalue weighted by Gasteiger charge is 2.31. The lowest BCUT2D eigenvalue weighted by molar-refractivity contribution is -0.123. The first-order chi connectivity index (χ1) is 7.57. The summed E-state index contributed by atoms with van der Waals surface area (Å²) in [6, 6.07) is -0.109. The molecule has 2 unspecified atom stereocenters. The van der Waals surface area contributed by atoms with Gasteiger partial charge < -0.3 is 10.6 Å². The Kier molecular flexibility index (Phi) is 5.22. The minimum absolute atomic E-state index is 0.0709. The Morgan fingerprint density at radius 2 is 2.31 bits per heavy atom. The van der Waals surface area contributed by atoms with E-state index in [1.165, 1.54) is 0 Å². The van der Waals surface area contributed by atoms with Crippen LogP contribution in [0.2, 0.25) is 0 Å². The van der Waals surface area contributed by atoms with Crippen LogP contribution < -0.4 is 16.0 Å². The van der Waals surface area contributed by atoms with Crippen LogP contribution in [0.25, 0.3) is 0 Å². The maximum atomic E-state index is 11.8. The molecule has 4 heteroatoms. The van der Waals surface area contributed by atoms with E-state index in [2.05, 4.69) is 29.8 Å². The van der Waals surface area contributed by atoms with Crippen LogP contribution in [0.4, 0.5) is 0 Å². The van der Waals surface area contributed by atoms with Gasteiger partial charge in [-0.15, -0.1) is 0 Å². The minimum atomic E-state index is -0.109. The third kappa shape index (κ3) is 4.10. The van der Waals surface area contributed by atoms with Crippen molar-refractivity contribution >= 4 is 5.91 Å². The Hall–Kier alpha value is -0.610. The fraction of sp³-hybridized carbons (Fsp3) is 0.917. The molecule has 94 valence electrons. The van der Waals surface area contributed by atoms with Crippen LogP contribution in [0.15, 0.2) is 0 Å². The van der Waals surface area contributed by atoms with Gasteiger partial charge in [0, 0.05) is 18.6 Å². The van der Waals surface area contributed by atoms with Crippen molar-refractivity contribution in [2.24, 2.45) is 0 Å². The molecule has 1 saturated heterocycles. The van der Waals surface area contributed by atoms with Crippen LogP contribution in [0, 0.1) is 0 Å². The van der Waals surface area contributed by atoms with Crippen LogP contribution in [0.1, 0.15) is 40.0 Å². The van der Waals surface area contributed by atoms with Crippen LogP contribution in [0.5, 0.6) is 0 Å². The molecule has 0 bridgehead atoms. The van der Waals surface area contributed by atoms with Crippen LogP contribution in [-0.2, 0) is 4.79 Å². The number of carbonyl (C=O) groups is 1. The molecule has 4 nitrogen and oxygen atoms in total. The summed E-state index contributed by atoms with van der Waals surface area (Å²) in [6.45, 7) is 9.00. The second kappa shape index (κ2) is 6.21. The average Bonchev–Trinajstić information content (AvgIpc) is 2.65. The maximum absolute atomic E-state index is 11.8. The van der Waals surface area contributed by atoms with Gasteiger partial charge in [0.05, 0.1) is 6.04 Å². The zero-order chi connectivity index (χ0) is 12.0. The Morgan fingerprint density at radius 3 is 2.88 bits per heavy atom. The highest BCUT2D eigenvalue weighted by atomic mass is 16.2. The SMILES string of the molecule is CCCCNC(=O)C(C)NC1(C)CCNC1. The number of rotatable bonds is 6. The lowest BCUT2D eigenvalue weighted by Crippen LogP contribution is -2.54. The van der Waals surface area contributed by atoms with Gasteiger partial charge >= 0.3 is 0 Å². The first-order valence-electron chi connectivity index (χ1n) is 6.33. The molecule has 16 heavy (non-hydrogen) atoms. The summed E-state index contributed by atoms with van der Waals surface area (Å²) < 4.78 is 0. The Balaban J connectivity index is 2.27. The summed E-state index contributed by atoms with van der Waals surface area (Å²) in [6.07, 6.45) is 3.25. The summed E-state index contributed by atoms with van der Waals surface area (Å²) in [5.41, 5.74) is 0.0709. The van der Waals surface area contributed by atoms with Crippen molar-refractivity contribution in [3.05, 3.63) is 0 Å². The number of carbonyl (C=O) groups excluding carboxylic acids is 1. The van der Waals surface area contributed by atoms with Crippen molar-refractivity contribution in [3.8, 4) is 0 Å². The number of hydrogen-bond donors (Lipinski definition) is 3. The van der Waals surface area contributed by atoms with Crippen molar-refractivity contribution in [1.29, 1.82) is 0 Å². The van der Waals surface area contributed by atoms with E-state index in [-0.39, 0.29) is 17.5 Å². The maximum Gasteiger partial charge on any atom is 0.236 e. The number of nitrogens with one attached hydrogen (secondary N) is 3. The molecule has 3 N–H and O–H groups in total. The zero-order valence-corrected chi connectivity index (χ0v) is 10.7. The van der Waals surface area contributed by atoms with Gasteiger partial charge in [-0.3, -0.25) is 10.1 Å². The van der Waals surface area contributed by atoms with Gasteiger partial charge in [0.25, 0.3) is 0 Å². The highest BCUT2D eigenvalue weighted by molar-refractivity contribution is 5.81. The zero-order valence-electron chi connectivity index (χ0n) is 10.7. The first-order valence-corrected chi connectivity index (χ1v) is 6.33. The Bertz CT molecular complexity index is 224. The first kappa shape index (κ1) is 13.5. The Labute approximate surface area is 98.6 Å². The summed E-state index contributed by atoms with van der Waals surface area (Å²) in [5.74, 6) is 0.113. The smallest absolute Gasteiger partial charge is 0.236 e. The molecular weight excluding hydrogens is 202 g/mol. The lowest BCUT2D eigenvalue weighted by Gasteiger charge is -2.28. The lowest BCUT2D eigenvalue weighted by atomic mass is 10.0. The van der Waals surface area contributed by atoms with Crippen molar-refractivity contribution in [2.45, 2.75) is 51.6 Å². The molecule has 0 aliphatic carbocycles. The van der Waals surface area contributed by atoms with E-state index < -0.39 is 0 Å². The number of unbranched alkanes of at least 4 members (excludes halogenated alkanes) is 1. The van der Waals surface area contributed by atoms with Gasteiger partial charge in [-0.25, -0.2) is 0 Å². The second-order valence-corrected chi connectivity index (χ2v) is 5.00. The molecule has 1 aliphatic heterocycles. The summed E-state index contributed by atoms with van der Waals surface area (Å²) in [5, 5.41) is 9.68. The fourth-order valence-corrected chi connectivity index (χ4v) is 2.07. The molecule has 1 rings (SSSR count). The van der Waals surface area contributed by atoms with Crippen LogP contribution in [0.3, 0.4) is 0 Å². The summed E-state index contributed by atoms with van der Waals surface area (Å²) in [7, 11) is 0. The van der Waals surface area contributed by atoms with Gasteiger partial charge in [0.2, 0.25) is 5.91 Å². The van der Waals surface area contributed by atoms with Gasteiger partial charge in [-0.1, -0.05) is 13.3 Å². The van der Waals surface area contributed by atoms with E-state index in [1.807, 2.05) is 6.92 Å². The topological polar surface area (TPSA) is 53.2 Å². The normalized spacial score (nSPS) is 26.7. The van der Waals surface area contributed by atoms with E-state index in [0.717, 1.165) is 38.9 Å². The molecule has 2 atom stereocenters. The average molecular weight is 227 g/mol. The predicted octanol–water partition coefficient (Wildman–Crippen LogP) is 0.633. The molecule has 1 heterocycles. The standard InChI is InChI=1S/C12H25N3O/c1-4-5-7-14-11(16)10(2)15-12(3)6-8-13-9-12/h10,13,15H,4-9H2,1-3H3,(H,14,16). The van der Waals surface area contributed by atoms with Crippen LogP contribution in [-0.4, -0.2) is 37.1 Å². The van der Waals surface area contributed by atoms with Gasteiger partial charge in [-0.2, -0.15) is 0 Å². The third-order valence-electron chi connectivity index (χ3n) is 3.16. The van der Waals surface area contributed by atoms with Crippen LogP contribution >= 0.6 is 0 Å². The quantitative estimate of drug-likeness (QED) is 0.584.